The predicted molar refractivity (Wildman–Crippen MR) is 105 cm³/mol. The van der Waals surface area contributed by atoms with Crippen LogP contribution in [0.15, 0.2) is 48.5 Å². The van der Waals surface area contributed by atoms with Gasteiger partial charge < -0.3 is 15.0 Å². The molecule has 1 fully saturated rings. The first-order chi connectivity index (χ1) is 13.2. The average Bonchev–Trinajstić information content (AvgIpc) is 3.53. The summed E-state index contributed by atoms with van der Waals surface area (Å²) in [6.07, 6.45) is 4.23. The van der Waals surface area contributed by atoms with Crippen LogP contribution in [0, 0.1) is 5.92 Å². The van der Waals surface area contributed by atoms with Gasteiger partial charge >= 0.3 is 0 Å². The first-order valence-electron chi connectivity index (χ1n) is 9.63. The second-order valence-corrected chi connectivity index (χ2v) is 7.17. The highest BCUT2D eigenvalue weighted by Crippen LogP contribution is 2.36. The maximum Gasteiger partial charge on any atom is 0.230 e. The van der Waals surface area contributed by atoms with Gasteiger partial charge in [0.25, 0.3) is 0 Å². The van der Waals surface area contributed by atoms with Gasteiger partial charge in [0, 0.05) is 23.8 Å². The zero-order valence-corrected chi connectivity index (χ0v) is 15.3. The van der Waals surface area contributed by atoms with E-state index in [1.54, 1.807) is 0 Å². The summed E-state index contributed by atoms with van der Waals surface area (Å²) in [5.74, 6) is 1.16. The Hall–Kier alpha value is -2.82. The molecule has 2 aliphatic rings. The molecule has 1 heterocycles. The predicted octanol–water partition coefficient (Wildman–Crippen LogP) is 3.78. The van der Waals surface area contributed by atoms with Gasteiger partial charge in [-0.2, -0.15) is 0 Å². The van der Waals surface area contributed by atoms with Crippen molar-refractivity contribution in [3.8, 4) is 5.75 Å². The Morgan fingerprint density at radius 1 is 1.11 bits per heavy atom. The summed E-state index contributed by atoms with van der Waals surface area (Å²) in [4.78, 5) is 26.6. The second kappa shape index (κ2) is 7.82. The number of carbonyl (C=O) groups excluding carboxylic acids is 2. The van der Waals surface area contributed by atoms with Crippen LogP contribution >= 0.6 is 0 Å². The van der Waals surface area contributed by atoms with Crippen LogP contribution in [0.5, 0.6) is 5.75 Å². The number of benzene rings is 2. The van der Waals surface area contributed by atoms with Crippen LogP contribution in [0.2, 0.25) is 0 Å². The maximum atomic E-state index is 12.5. The highest BCUT2D eigenvalue weighted by atomic mass is 16.5. The number of aryl methyl sites for hydroxylation is 1. The third-order valence-corrected chi connectivity index (χ3v) is 5.02. The topological polar surface area (TPSA) is 58.6 Å². The fourth-order valence-corrected chi connectivity index (χ4v) is 3.46. The monoisotopic (exact) mass is 364 g/mol. The van der Waals surface area contributed by atoms with E-state index in [1.165, 1.54) is 0 Å². The summed E-state index contributed by atoms with van der Waals surface area (Å²) < 4.78 is 5.57. The quantitative estimate of drug-likeness (QED) is 0.848. The van der Waals surface area contributed by atoms with Crippen LogP contribution in [0.3, 0.4) is 0 Å². The summed E-state index contributed by atoms with van der Waals surface area (Å²) in [5, 5.41) is 2.94. The largest absolute Gasteiger partial charge is 0.493 e. The maximum absolute atomic E-state index is 12.5. The van der Waals surface area contributed by atoms with Crippen molar-refractivity contribution in [2.75, 3.05) is 23.4 Å². The SMILES string of the molecule is O=C(CCOc1ccccc1)Nc1ccc2c(c1)CCCN2C(=O)C1CC1. The van der Waals surface area contributed by atoms with Gasteiger partial charge in [-0.25, -0.2) is 0 Å². The van der Waals surface area contributed by atoms with Gasteiger partial charge in [0.1, 0.15) is 5.75 Å². The second-order valence-electron chi connectivity index (χ2n) is 7.17. The summed E-state index contributed by atoms with van der Waals surface area (Å²) in [7, 11) is 0. The van der Waals surface area contributed by atoms with Crippen molar-refractivity contribution < 1.29 is 14.3 Å². The zero-order chi connectivity index (χ0) is 18.6. The van der Waals surface area contributed by atoms with Gasteiger partial charge in [0.05, 0.1) is 13.0 Å². The highest BCUT2D eigenvalue weighted by Gasteiger charge is 2.35. The van der Waals surface area contributed by atoms with Gasteiger partial charge in [-0.05, 0) is 61.6 Å². The van der Waals surface area contributed by atoms with Crippen LogP contribution in [-0.2, 0) is 16.0 Å². The molecule has 1 saturated carbocycles. The van der Waals surface area contributed by atoms with Crippen LogP contribution in [0.1, 0.15) is 31.2 Å². The normalized spacial score (nSPS) is 15.8. The molecule has 2 amide bonds. The van der Waals surface area contributed by atoms with E-state index in [0.717, 1.165) is 54.9 Å². The molecule has 1 aliphatic carbocycles. The molecule has 0 spiro atoms. The highest BCUT2D eigenvalue weighted by molar-refractivity contribution is 5.98. The van der Waals surface area contributed by atoms with Crippen molar-refractivity contribution in [1.82, 2.24) is 0 Å². The summed E-state index contributed by atoms with van der Waals surface area (Å²) in [6.45, 7) is 1.13. The molecule has 0 atom stereocenters. The van der Waals surface area contributed by atoms with E-state index in [2.05, 4.69) is 5.32 Å². The minimum absolute atomic E-state index is 0.0763. The minimum atomic E-state index is -0.0763. The first-order valence-corrected chi connectivity index (χ1v) is 9.63. The number of carbonyl (C=O) groups is 2. The molecule has 2 aromatic rings. The fraction of sp³-hybridized carbons (Fsp3) is 0.364. The third-order valence-electron chi connectivity index (χ3n) is 5.02. The van der Waals surface area contributed by atoms with Crippen LogP contribution in [0.25, 0.3) is 0 Å². The molecule has 5 heteroatoms. The average molecular weight is 364 g/mol. The van der Waals surface area contributed by atoms with Gasteiger partial charge in [0.15, 0.2) is 0 Å². The molecular formula is C22H24N2O3. The summed E-state index contributed by atoms with van der Waals surface area (Å²) in [6, 6.07) is 15.3. The molecule has 4 rings (SSSR count). The smallest absolute Gasteiger partial charge is 0.230 e. The van der Waals surface area contributed by atoms with Crippen molar-refractivity contribution in [1.29, 1.82) is 0 Å². The Labute approximate surface area is 159 Å². The summed E-state index contributed by atoms with van der Waals surface area (Å²) >= 11 is 0. The molecule has 5 nitrogen and oxygen atoms in total. The molecule has 140 valence electrons. The van der Waals surface area contributed by atoms with Crippen molar-refractivity contribution in [2.24, 2.45) is 5.92 Å². The van der Waals surface area contributed by atoms with E-state index in [1.807, 2.05) is 53.4 Å². The molecule has 0 aromatic heterocycles. The minimum Gasteiger partial charge on any atom is -0.493 e. The van der Waals surface area contributed by atoms with Crippen molar-refractivity contribution in [3.63, 3.8) is 0 Å². The van der Waals surface area contributed by atoms with Crippen molar-refractivity contribution >= 4 is 23.2 Å². The molecular weight excluding hydrogens is 340 g/mol. The Kier molecular flexibility index (Phi) is 5.10. The Bertz CT molecular complexity index is 831. The third kappa shape index (κ3) is 4.30. The van der Waals surface area contributed by atoms with Crippen molar-refractivity contribution in [3.05, 3.63) is 54.1 Å². The molecule has 1 aliphatic heterocycles. The molecule has 27 heavy (non-hydrogen) atoms. The van der Waals surface area contributed by atoms with Crippen LogP contribution < -0.4 is 15.0 Å². The molecule has 1 N–H and O–H groups in total. The number of para-hydroxylation sites is 1. The number of ether oxygens (including phenoxy) is 1. The zero-order valence-electron chi connectivity index (χ0n) is 15.3. The molecule has 2 aromatic carbocycles. The van der Waals surface area contributed by atoms with Gasteiger partial charge in [-0.15, -0.1) is 0 Å². The summed E-state index contributed by atoms with van der Waals surface area (Å²) in [5.41, 5.74) is 2.91. The number of anilines is 2. The number of hydrogen-bond donors (Lipinski definition) is 1. The van der Waals surface area contributed by atoms with Crippen LogP contribution in [-0.4, -0.2) is 25.0 Å². The lowest BCUT2D eigenvalue weighted by atomic mass is 10.0. The van der Waals surface area contributed by atoms with Gasteiger partial charge in [0.2, 0.25) is 11.8 Å². The van der Waals surface area contributed by atoms with E-state index < -0.39 is 0 Å². The number of nitrogens with one attached hydrogen (secondary N) is 1. The van der Waals surface area contributed by atoms with E-state index in [4.69, 9.17) is 4.74 Å². The fourth-order valence-electron chi connectivity index (χ4n) is 3.46. The first kappa shape index (κ1) is 17.6. The lowest BCUT2D eigenvalue weighted by molar-refractivity contribution is -0.120. The van der Waals surface area contributed by atoms with E-state index in [-0.39, 0.29) is 24.2 Å². The van der Waals surface area contributed by atoms with Crippen LogP contribution in [0.4, 0.5) is 11.4 Å². The number of fused-ring (bicyclic) bond motifs is 1. The Balaban J connectivity index is 1.34. The lowest BCUT2D eigenvalue weighted by Crippen LogP contribution is -2.36. The van der Waals surface area contributed by atoms with E-state index >= 15 is 0 Å². The Morgan fingerprint density at radius 2 is 1.93 bits per heavy atom. The van der Waals surface area contributed by atoms with Gasteiger partial charge in [-0.3, -0.25) is 9.59 Å². The number of nitrogens with zero attached hydrogens (tertiary/aromatic N) is 1. The Morgan fingerprint density at radius 3 is 2.70 bits per heavy atom. The number of amides is 2. The molecule has 0 unspecified atom stereocenters. The van der Waals surface area contributed by atoms with E-state index in [0.29, 0.717) is 6.61 Å². The van der Waals surface area contributed by atoms with Crippen molar-refractivity contribution in [2.45, 2.75) is 32.1 Å². The molecule has 0 saturated heterocycles. The standard InChI is InChI=1S/C22H24N2O3/c25-21(12-14-27-19-6-2-1-3-7-19)23-18-10-11-20-17(15-18)5-4-13-24(20)22(26)16-8-9-16/h1-3,6-7,10-11,15-16H,4-5,8-9,12-14H2,(H,23,25). The molecule has 0 bridgehead atoms. The lowest BCUT2D eigenvalue weighted by Gasteiger charge is -2.30. The number of rotatable bonds is 6. The molecule has 0 radical (unpaired) electrons. The number of hydrogen-bond acceptors (Lipinski definition) is 3. The van der Waals surface area contributed by atoms with Gasteiger partial charge in [-0.1, -0.05) is 18.2 Å². The van der Waals surface area contributed by atoms with E-state index in [9.17, 15) is 9.59 Å².